The van der Waals surface area contributed by atoms with E-state index in [0.717, 1.165) is 0 Å². The molecule has 1 aliphatic rings. The van der Waals surface area contributed by atoms with E-state index in [1.807, 2.05) is 13.8 Å². The van der Waals surface area contributed by atoms with Crippen molar-refractivity contribution in [2.45, 2.75) is 25.3 Å². The SMILES string of the molecule is CC(C)[C@H]1SC[C@@H](C(=O)O)N1C(=O)c1ccccc1F. The second-order valence-corrected chi connectivity index (χ2v) is 6.16. The Morgan fingerprint density at radius 2 is 2.05 bits per heavy atom. The number of hydrogen-bond donors (Lipinski definition) is 1. The van der Waals surface area contributed by atoms with Gasteiger partial charge in [-0.1, -0.05) is 26.0 Å². The maximum absolute atomic E-state index is 13.7. The van der Waals surface area contributed by atoms with Crippen molar-refractivity contribution in [3.05, 3.63) is 35.6 Å². The summed E-state index contributed by atoms with van der Waals surface area (Å²) >= 11 is 1.43. The minimum Gasteiger partial charge on any atom is -0.480 e. The average Bonchev–Trinajstić information content (AvgIpc) is 2.83. The normalized spacial score (nSPS) is 22.3. The number of hydrogen-bond acceptors (Lipinski definition) is 3. The predicted octanol–water partition coefficient (Wildman–Crippen LogP) is 2.45. The lowest BCUT2D eigenvalue weighted by Crippen LogP contribution is -2.47. The van der Waals surface area contributed by atoms with E-state index >= 15 is 0 Å². The van der Waals surface area contributed by atoms with Crippen LogP contribution in [0.5, 0.6) is 0 Å². The number of nitrogens with zero attached hydrogens (tertiary/aromatic N) is 1. The number of aliphatic carboxylic acids is 1. The summed E-state index contributed by atoms with van der Waals surface area (Å²) in [5.74, 6) is -1.80. The summed E-state index contributed by atoms with van der Waals surface area (Å²) in [5, 5.41) is 9.00. The number of carboxylic acids is 1. The fourth-order valence-corrected chi connectivity index (χ4v) is 3.73. The van der Waals surface area contributed by atoms with Crippen molar-refractivity contribution in [3.8, 4) is 0 Å². The molecule has 1 aromatic carbocycles. The van der Waals surface area contributed by atoms with Gasteiger partial charge in [0.05, 0.1) is 10.9 Å². The lowest BCUT2D eigenvalue weighted by atomic mass is 10.1. The van der Waals surface area contributed by atoms with Crippen molar-refractivity contribution in [2.24, 2.45) is 5.92 Å². The molecule has 4 nitrogen and oxygen atoms in total. The Bertz CT molecular complexity index is 535. The number of amides is 1. The van der Waals surface area contributed by atoms with Crippen molar-refractivity contribution in [1.29, 1.82) is 0 Å². The Labute approximate surface area is 121 Å². The quantitative estimate of drug-likeness (QED) is 0.931. The highest BCUT2D eigenvalue weighted by Gasteiger charge is 2.43. The molecule has 0 aliphatic carbocycles. The minimum atomic E-state index is -1.05. The van der Waals surface area contributed by atoms with Gasteiger partial charge in [0.2, 0.25) is 0 Å². The summed E-state index contributed by atoms with van der Waals surface area (Å²) in [6.45, 7) is 3.84. The van der Waals surface area contributed by atoms with Gasteiger partial charge in [0.1, 0.15) is 11.9 Å². The van der Waals surface area contributed by atoms with Gasteiger partial charge in [0.25, 0.3) is 5.91 Å². The van der Waals surface area contributed by atoms with Crippen LogP contribution in [0, 0.1) is 11.7 Å². The van der Waals surface area contributed by atoms with E-state index < -0.39 is 23.7 Å². The Morgan fingerprint density at radius 1 is 1.40 bits per heavy atom. The molecular formula is C14H16FNO3S. The average molecular weight is 297 g/mol. The molecule has 0 saturated carbocycles. The van der Waals surface area contributed by atoms with Crippen LogP contribution in [-0.4, -0.2) is 39.1 Å². The predicted molar refractivity (Wildman–Crippen MR) is 75.1 cm³/mol. The standard InChI is InChI=1S/C14H16FNO3S/c1-8(2)13-16(11(7-20-13)14(18)19)12(17)9-5-3-4-6-10(9)15/h3-6,8,11,13H,7H2,1-2H3,(H,18,19)/t11-,13+/m0/s1. The van der Waals surface area contributed by atoms with Crippen LogP contribution in [0.4, 0.5) is 4.39 Å². The first-order valence-corrected chi connectivity index (χ1v) is 7.40. The highest BCUT2D eigenvalue weighted by atomic mass is 32.2. The van der Waals surface area contributed by atoms with Crippen LogP contribution in [0.2, 0.25) is 0 Å². The first-order chi connectivity index (χ1) is 9.43. The molecule has 1 aromatic rings. The summed E-state index contributed by atoms with van der Waals surface area (Å²) in [6, 6.07) is 4.76. The molecule has 1 heterocycles. The van der Waals surface area contributed by atoms with Gasteiger partial charge < -0.3 is 10.0 Å². The fourth-order valence-electron chi connectivity index (χ4n) is 2.26. The molecule has 1 saturated heterocycles. The number of rotatable bonds is 3. The summed E-state index contributed by atoms with van der Waals surface area (Å²) < 4.78 is 13.7. The van der Waals surface area contributed by atoms with Crippen molar-refractivity contribution < 1.29 is 19.1 Å². The fraction of sp³-hybridized carbons (Fsp3) is 0.429. The second-order valence-electron chi connectivity index (χ2n) is 5.01. The molecule has 6 heteroatoms. The molecule has 0 radical (unpaired) electrons. The molecule has 0 aromatic heterocycles. The van der Waals surface area contributed by atoms with Crippen molar-refractivity contribution in [2.75, 3.05) is 5.75 Å². The van der Waals surface area contributed by atoms with E-state index in [2.05, 4.69) is 0 Å². The van der Waals surface area contributed by atoms with Crippen LogP contribution >= 0.6 is 11.8 Å². The van der Waals surface area contributed by atoms with Crippen molar-refractivity contribution in [3.63, 3.8) is 0 Å². The summed E-state index contributed by atoms with van der Waals surface area (Å²) in [6.07, 6.45) is 0. The Morgan fingerprint density at radius 3 is 2.60 bits per heavy atom. The first kappa shape index (κ1) is 14.8. The van der Waals surface area contributed by atoms with E-state index in [4.69, 9.17) is 0 Å². The van der Waals surface area contributed by atoms with Crippen LogP contribution < -0.4 is 0 Å². The van der Waals surface area contributed by atoms with Crippen molar-refractivity contribution in [1.82, 2.24) is 4.90 Å². The van der Waals surface area contributed by atoms with Crippen LogP contribution in [0.3, 0.4) is 0 Å². The number of carbonyl (C=O) groups excluding carboxylic acids is 1. The zero-order chi connectivity index (χ0) is 14.9. The second kappa shape index (κ2) is 5.83. The van der Waals surface area contributed by atoms with E-state index in [-0.39, 0.29) is 16.9 Å². The van der Waals surface area contributed by atoms with Crippen LogP contribution in [-0.2, 0) is 4.79 Å². The molecular weight excluding hydrogens is 281 g/mol. The molecule has 1 N–H and O–H groups in total. The number of carbonyl (C=O) groups is 2. The van der Waals surface area contributed by atoms with Gasteiger partial charge in [-0.05, 0) is 18.1 Å². The lowest BCUT2D eigenvalue weighted by molar-refractivity contribution is -0.141. The third kappa shape index (κ3) is 2.65. The Balaban J connectivity index is 2.37. The van der Waals surface area contributed by atoms with Crippen LogP contribution in [0.25, 0.3) is 0 Å². The van der Waals surface area contributed by atoms with Gasteiger partial charge in [-0.3, -0.25) is 4.79 Å². The maximum atomic E-state index is 13.7. The van der Waals surface area contributed by atoms with E-state index in [0.29, 0.717) is 5.75 Å². The summed E-state index contributed by atoms with van der Waals surface area (Å²) in [7, 11) is 0. The minimum absolute atomic E-state index is 0.0769. The van der Waals surface area contributed by atoms with E-state index in [9.17, 15) is 19.1 Å². The zero-order valence-corrected chi connectivity index (χ0v) is 12.1. The smallest absolute Gasteiger partial charge is 0.327 e. The van der Waals surface area contributed by atoms with Gasteiger partial charge >= 0.3 is 5.97 Å². The first-order valence-electron chi connectivity index (χ1n) is 6.35. The molecule has 2 atom stereocenters. The molecule has 108 valence electrons. The third-order valence-corrected chi connectivity index (χ3v) is 4.85. The zero-order valence-electron chi connectivity index (χ0n) is 11.2. The Hall–Kier alpha value is -1.56. The van der Waals surface area contributed by atoms with Gasteiger partial charge in [-0.15, -0.1) is 11.8 Å². The number of thioether (sulfide) groups is 1. The Kier molecular flexibility index (Phi) is 4.32. The molecule has 1 aliphatic heterocycles. The van der Waals surface area contributed by atoms with E-state index in [1.54, 1.807) is 6.07 Å². The molecule has 0 spiro atoms. The largest absolute Gasteiger partial charge is 0.480 e. The van der Waals surface area contributed by atoms with Gasteiger partial charge in [-0.25, -0.2) is 9.18 Å². The highest BCUT2D eigenvalue weighted by molar-refractivity contribution is 8.00. The topological polar surface area (TPSA) is 57.6 Å². The molecule has 2 rings (SSSR count). The maximum Gasteiger partial charge on any atom is 0.327 e. The highest BCUT2D eigenvalue weighted by Crippen LogP contribution is 2.35. The van der Waals surface area contributed by atoms with Gasteiger partial charge in [0.15, 0.2) is 0 Å². The number of carboxylic acid groups (broad SMARTS) is 1. The van der Waals surface area contributed by atoms with Crippen LogP contribution in [0.1, 0.15) is 24.2 Å². The number of benzene rings is 1. The van der Waals surface area contributed by atoms with Gasteiger partial charge in [0, 0.05) is 5.75 Å². The third-order valence-electron chi connectivity index (χ3n) is 3.23. The number of halogens is 1. The summed E-state index contributed by atoms with van der Waals surface area (Å²) in [5.41, 5.74) is -0.0769. The molecule has 0 bridgehead atoms. The van der Waals surface area contributed by atoms with Gasteiger partial charge in [-0.2, -0.15) is 0 Å². The van der Waals surface area contributed by atoms with Crippen LogP contribution in [0.15, 0.2) is 24.3 Å². The lowest BCUT2D eigenvalue weighted by Gasteiger charge is -2.29. The molecule has 20 heavy (non-hydrogen) atoms. The monoisotopic (exact) mass is 297 g/mol. The molecule has 0 unspecified atom stereocenters. The van der Waals surface area contributed by atoms with E-state index in [1.165, 1.54) is 34.9 Å². The van der Waals surface area contributed by atoms with Crippen molar-refractivity contribution >= 4 is 23.6 Å². The molecule has 1 amide bonds. The molecule has 1 fully saturated rings. The summed E-state index contributed by atoms with van der Waals surface area (Å²) in [4.78, 5) is 25.1.